The molecule has 1 atom stereocenters. The van der Waals surface area contributed by atoms with Gasteiger partial charge < -0.3 is 10.1 Å². The van der Waals surface area contributed by atoms with Gasteiger partial charge in [0.15, 0.2) is 0 Å². The van der Waals surface area contributed by atoms with Crippen LogP contribution in [0.15, 0.2) is 22.8 Å². The van der Waals surface area contributed by atoms with Crippen molar-refractivity contribution in [2.75, 3.05) is 13.2 Å². The molecule has 1 aliphatic rings. The molecule has 18 heavy (non-hydrogen) atoms. The molecule has 3 nitrogen and oxygen atoms in total. The average molecular weight is 336 g/mol. The molecule has 1 aliphatic heterocycles. The Bertz CT molecular complexity index is 346. The first kappa shape index (κ1) is 15.7. The van der Waals surface area contributed by atoms with E-state index < -0.39 is 0 Å². The lowest BCUT2D eigenvalue weighted by Crippen LogP contribution is -2.34. The molecule has 1 unspecified atom stereocenters. The Labute approximate surface area is 123 Å². The topological polar surface area (TPSA) is 34.1 Å². The minimum absolute atomic E-state index is 0. The predicted octanol–water partition coefficient (Wildman–Crippen LogP) is 3.57. The summed E-state index contributed by atoms with van der Waals surface area (Å²) in [5.41, 5.74) is 0. The van der Waals surface area contributed by atoms with Gasteiger partial charge in [0.25, 0.3) is 0 Å². The molecule has 0 saturated carbocycles. The van der Waals surface area contributed by atoms with Crippen LogP contribution in [0.3, 0.4) is 0 Å². The predicted molar refractivity (Wildman–Crippen MR) is 79.6 cm³/mol. The van der Waals surface area contributed by atoms with Crippen LogP contribution in [0.2, 0.25) is 0 Å². The summed E-state index contributed by atoms with van der Waals surface area (Å²) in [4.78, 5) is 4.24. The summed E-state index contributed by atoms with van der Waals surface area (Å²) in [6.45, 7) is 1.93. The van der Waals surface area contributed by atoms with E-state index in [-0.39, 0.29) is 12.4 Å². The van der Waals surface area contributed by atoms with E-state index >= 15 is 0 Å². The highest BCUT2D eigenvalue weighted by Crippen LogP contribution is 2.14. The zero-order chi connectivity index (χ0) is 11.9. The fraction of sp³-hybridized carbons (Fsp3) is 0.615. The molecule has 0 spiro atoms. The normalized spacial score (nSPS) is 19.1. The Morgan fingerprint density at radius 2 is 2.28 bits per heavy atom. The summed E-state index contributed by atoms with van der Waals surface area (Å²) in [5.74, 6) is 0.705. The van der Waals surface area contributed by atoms with Crippen LogP contribution in [0.25, 0.3) is 0 Å². The van der Waals surface area contributed by atoms with Gasteiger partial charge in [-0.25, -0.2) is 4.98 Å². The fourth-order valence-electron chi connectivity index (χ4n) is 2.15. The third-order valence-electron chi connectivity index (χ3n) is 3.05. The molecule has 0 amide bonds. The molecule has 1 fully saturated rings. The number of ether oxygens (including phenoxy) is 1. The van der Waals surface area contributed by atoms with Crippen LogP contribution in [-0.4, -0.2) is 24.2 Å². The molecule has 1 N–H and O–H groups in total. The summed E-state index contributed by atoms with van der Waals surface area (Å²) in [5, 5.41) is 3.55. The van der Waals surface area contributed by atoms with Crippen molar-refractivity contribution >= 4 is 28.3 Å². The first-order valence-corrected chi connectivity index (χ1v) is 7.12. The molecular formula is C13H20BrClN2O. The minimum atomic E-state index is 0. The maximum Gasteiger partial charge on any atom is 0.214 e. The second-order valence-electron chi connectivity index (χ2n) is 4.44. The lowest BCUT2D eigenvalue weighted by atomic mass is 10.0. The summed E-state index contributed by atoms with van der Waals surface area (Å²) in [6, 6.07) is 6.43. The van der Waals surface area contributed by atoms with Gasteiger partial charge in [0.2, 0.25) is 5.88 Å². The van der Waals surface area contributed by atoms with Crippen LogP contribution in [0, 0.1) is 0 Å². The van der Waals surface area contributed by atoms with E-state index in [0.29, 0.717) is 11.9 Å². The van der Waals surface area contributed by atoms with Crippen LogP contribution >= 0.6 is 28.3 Å². The molecule has 2 heterocycles. The number of rotatable bonds is 5. The Kier molecular flexibility index (Phi) is 7.63. The molecule has 0 aromatic carbocycles. The van der Waals surface area contributed by atoms with Crippen molar-refractivity contribution < 1.29 is 4.74 Å². The smallest absolute Gasteiger partial charge is 0.214 e. The molecule has 0 radical (unpaired) electrons. The first-order valence-electron chi connectivity index (χ1n) is 6.33. The Hall–Kier alpha value is -0.320. The van der Waals surface area contributed by atoms with Gasteiger partial charge in [-0.2, -0.15) is 0 Å². The van der Waals surface area contributed by atoms with Crippen molar-refractivity contribution in [3.63, 3.8) is 0 Å². The van der Waals surface area contributed by atoms with Gasteiger partial charge >= 0.3 is 0 Å². The van der Waals surface area contributed by atoms with Gasteiger partial charge in [0, 0.05) is 12.1 Å². The van der Waals surface area contributed by atoms with E-state index in [0.717, 1.165) is 17.6 Å². The monoisotopic (exact) mass is 334 g/mol. The summed E-state index contributed by atoms with van der Waals surface area (Å²) in [7, 11) is 0. The van der Waals surface area contributed by atoms with Crippen LogP contribution < -0.4 is 10.1 Å². The molecule has 1 aromatic rings. The number of piperidine rings is 1. The lowest BCUT2D eigenvalue weighted by Gasteiger charge is -2.23. The highest BCUT2D eigenvalue weighted by molar-refractivity contribution is 9.10. The number of hydrogen-bond acceptors (Lipinski definition) is 3. The van der Waals surface area contributed by atoms with E-state index in [9.17, 15) is 0 Å². The molecule has 2 rings (SSSR count). The van der Waals surface area contributed by atoms with Gasteiger partial charge in [0.1, 0.15) is 4.60 Å². The quantitative estimate of drug-likeness (QED) is 0.660. The molecule has 0 bridgehead atoms. The second-order valence-corrected chi connectivity index (χ2v) is 5.25. The van der Waals surface area contributed by atoms with E-state index in [4.69, 9.17) is 4.74 Å². The average Bonchev–Trinajstić information content (AvgIpc) is 2.36. The minimum Gasteiger partial charge on any atom is -0.478 e. The largest absolute Gasteiger partial charge is 0.478 e. The molecule has 5 heteroatoms. The van der Waals surface area contributed by atoms with Crippen molar-refractivity contribution in [2.24, 2.45) is 0 Å². The Morgan fingerprint density at radius 1 is 1.39 bits per heavy atom. The number of aromatic nitrogens is 1. The van der Waals surface area contributed by atoms with Gasteiger partial charge in [0.05, 0.1) is 6.61 Å². The number of nitrogens with one attached hydrogen (secondary N) is 1. The number of halogens is 2. The highest BCUT2D eigenvalue weighted by atomic mass is 79.9. The SMILES string of the molecule is Brc1cccc(OCCCC2CCCCN2)n1.Cl. The third kappa shape index (κ3) is 5.55. The van der Waals surface area contributed by atoms with Crippen molar-refractivity contribution in [1.29, 1.82) is 0 Å². The molecular weight excluding hydrogens is 316 g/mol. The highest BCUT2D eigenvalue weighted by Gasteiger charge is 2.11. The second kappa shape index (κ2) is 8.73. The van der Waals surface area contributed by atoms with Gasteiger partial charge in [-0.1, -0.05) is 12.5 Å². The molecule has 102 valence electrons. The summed E-state index contributed by atoms with van der Waals surface area (Å²) < 4.78 is 6.43. The molecule has 1 aromatic heterocycles. The van der Waals surface area contributed by atoms with Gasteiger partial charge in [-0.3, -0.25) is 0 Å². The lowest BCUT2D eigenvalue weighted by molar-refractivity contribution is 0.276. The van der Waals surface area contributed by atoms with Crippen LogP contribution in [-0.2, 0) is 0 Å². The summed E-state index contributed by atoms with van der Waals surface area (Å²) >= 11 is 3.33. The zero-order valence-corrected chi connectivity index (χ0v) is 12.8. The van der Waals surface area contributed by atoms with Crippen molar-refractivity contribution in [2.45, 2.75) is 38.1 Å². The van der Waals surface area contributed by atoms with E-state index in [1.54, 1.807) is 0 Å². The zero-order valence-electron chi connectivity index (χ0n) is 10.4. The van der Waals surface area contributed by atoms with Crippen LogP contribution in [0.1, 0.15) is 32.1 Å². The van der Waals surface area contributed by atoms with Crippen LogP contribution in [0.4, 0.5) is 0 Å². The molecule has 1 saturated heterocycles. The van der Waals surface area contributed by atoms with E-state index in [1.807, 2.05) is 18.2 Å². The third-order valence-corrected chi connectivity index (χ3v) is 3.49. The van der Waals surface area contributed by atoms with Gasteiger partial charge in [-0.15, -0.1) is 12.4 Å². The Morgan fingerprint density at radius 3 is 3.00 bits per heavy atom. The van der Waals surface area contributed by atoms with Gasteiger partial charge in [-0.05, 0) is 54.2 Å². The number of hydrogen-bond donors (Lipinski definition) is 1. The fourth-order valence-corrected chi connectivity index (χ4v) is 2.47. The summed E-state index contributed by atoms with van der Waals surface area (Å²) in [6.07, 6.45) is 6.30. The Balaban J connectivity index is 0.00000162. The van der Waals surface area contributed by atoms with E-state index in [2.05, 4.69) is 26.2 Å². The van der Waals surface area contributed by atoms with Crippen molar-refractivity contribution in [3.05, 3.63) is 22.8 Å². The number of nitrogens with zero attached hydrogens (tertiary/aromatic N) is 1. The maximum atomic E-state index is 5.61. The molecule has 0 aliphatic carbocycles. The first-order chi connectivity index (χ1) is 8.34. The standard InChI is InChI=1S/C13H19BrN2O.ClH/c14-12-7-3-8-13(16-12)17-10-4-6-11-5-1-2-9-15-11;/h3,7-8,11,15H,1-2,4-6,9-10H2;1H. The number of pyridine rings is 1. The maximum absolute atomic E-state index is 5.61. The van der Waals surface area contributed by atoms with Crippen molar-refractivity contribution in [3.8, 4) is 5.88 Å². The van der Waals surface area contributed by atoms with Crippen molar-refractivity contribution in [1.82, 2.24) is 10.3 Å². The van der Waals surface area contributed by atoms with E-state index in [1.165, 1.54) is 32.2 Å². The van der Waals surface area contributed by atoms with Crippen LogP contribution in [0.5, 0.6) is 5.88 Å².